The number of benzene rings is 1. The summed E-state index contributed by atoms with van der Waals surface area (Å²) in [4.78, 5) is 8.42. The molecule has 2 N–H and O–H groups in total. The second-order valence-corrected chi connectivity index (χ2v) is 4.66. The van der Waals surface area contributed by atoms with Crippen LogP contribution in [0.1, 0.15) is 33.6 Å². The molecule has 4 heteroatoms. The molecular formula is C15H16N4. The highest BCUT2D eigenvalue weighted by Gasteiger charge is 2.09. The number of aryl methyl sites for hydroxylation is 3. The van der Waals surface area contributed by atoms with E-state index >= 15 is 0 Å². The molecule has 0 aliphatic rings. The minimum Gasteiger partial charge on any atom is -0.368 e. The topological polar surface area (TPSA) is 75.6 Å². The van der Waals surface area contributed by atoms with Gasteiger partial charge in [0.05, 0.1) is 11.6 Å². The van der Waals surface area contributed by atoms with Gasteiger partial charge in [-0.05, 0) is 49.6 Å². The van der Waals surface area contributed by atoms with E-state index in [-0.39, 0.29) is 0 Å². The Kier molecular flexibility index (Phi) is 3.48. The van der Waals surface area contributed by atoms with Crippen molar-refractivity contribution in [1.29, 1.82) is 5.26 Å². The van der Waals surface area contributed by atoms with Gasteiger partial charge in [0, 0.05) is 17.8 Å². The van der Waals surface area contributed by atoms with Crippen molar-refractivity contribution < 1.29 is 0 Å². The summed E-state index contributed by atoms with van der Waals surface area (Å²) in [6.07, 6.45) is 0.759. The summed E-state index contributed by atoms with van der Waals surface area (Å²) in [7, 11) is 0. The van der Waals surface area contributed by atoms with E-state index in [0.29, 0.717) is 11.5 Å². The van der Waals surface area contributed by atoms with Crippen LogP contribution in [0.25, 0.3) is 0 Å². The lowest BCUT2D eigenvalue weighted by atomic mass is 9.97. The van der Waals surface area contributed by atoms with E-state index < -0.39 is 0 Å². The zero-order valence-electron chi connectivity index (χ0n) is 11.4. The number of nitriles is 1. The molecule has 0 radical (unpaired) electrons. The Morgan fingerprint density at radius 1 is 1.16 bits per heavy atom. The minimum atomic E-state index is 0.315. The van der Waals surface area contributed by atoms with E-state index in [2.05, 4.69) is 16.0 Å². The first-order valence-electron chi connectivity index (χ1n) is 6.10. The van der Waals surface area contributed by atoms with Gasteiger partial charge in [0.15, 0.2) is 0 Å². The molecule has 1 aromatic carbocycles. The second-order valence-electron chi connectivity index (χ2n) is 4.66. The van der Waals surface area contributed by atoms with E-state index in [0.717, 1.165) is 28.9 Å². The number of aromatic nitrogens is 2. The lowest BCUT2D eigenvalue weighted by molar-refractivity contribution is 0.979. The molecule has 0 bridgehead atoms. The molecule has 4 nitrogen and oxygen atoms in total. The number of nitrogen functional groups attached to an aromatic ring is 1. The van der Waals surface area contributed by atoms with Crippen molar-refractivity contribution in [2.24, 2.45) is 0 Å². The Balaban J connectivity index is 2.40. The first-order valence-corrected chi connectivity index (χ1v) is 6.10. The third-order valence-corrected chi connectivity index (χ3v) is 3.28. The van der Waals surface area contributed by atoms with Gasteiger partial charge in [0.1, 0.15) is 0 Å². The number of nitrogens with zero attached hydrogens (tertiary/aromatic N) is 3. The zero-order valence-corrected chi connectivity index (χ0v) is 11.4. The first kappa shape index (κ1) is 13.0. The Morgan fingerprint density at radius 2 is 1.79 bits per heavy atom. The van der Waals surface area contributed by atoms with Crippen LogP contribution >= 0.6 is 0 Å². The lowest BCUT2D eigenvalue weighted by Crippen LogP contribution is -2.06. The van der Waals surface area contributed by atoms with Crippen LogP contribution in [0, 0.1) is 32.1 Å². The fourth-order valence-electron chi connectivity index (χ4n) is 2.18. The van der Waals surface area contributed by atoms with Gasteiger partial charge in [-0.1, -0.05) is 6.07 Å². The Hall–Kier alpha value is -2.41. The van der Waals surface area contributed by atoms with E-state index in [4.69, 9.17) is 11.0 Å². The van der Waals surface area contributed by atoms with Crippen LogP contribution in [0.5, 0.6) is 0 Å². The smallest absolute Gasteiger partial charge is 0.220 e. The molecule has 0 aliphatic carbocycles. The molecule has 0 aliphatic heterocycles. The maximum absolute atomic E-state index is 8.88. The van der Waals surface area contributed by atoms with Gasteiger partial charge >= 0.3 is 0 Å². The van der Waals surface area contributed by atoms with E-state index in [1.807, 2.05) is 39.0 Å². The van der Waals surface area contributed by atoms with Gasteiger partial charge in [0.2, 0.25) is 5.95 Å². The van der Waals surface area contributed by atoms with Crippen molar-refractivity contribution in [1.82, 2.24) is 9.97 Å². The molecule has 0 saturated heterocycles. The summed E-state index contributed by atoms with van der Waals surface area (Å²) >= 11 is 0. The second kappa shape index (κ2) is 5.07. The van der Waals surface area contributed by atoms with Crippen molar-refractivity contribution in [3.63, 3.8) is 0 Å². The highest BCUT2D eigenvalue weighted by molar-refractivity contribution is 5.41. The molecule has 2 rings (SSSR count). The predicted octanol–water partition coefficient (Wildman–Crippen LogP) is 2.45. The van der Waals surface area contributed by atoms with Crippen LogP contribution in [0.2, 0.25) is 0 Å². The highest BCUT2D eigenvalue weighted by atomic mass is 15.0. The summed E-state index contributed by atoms with van der Waals surface area (Å²) in [5, 5.41) is 8.88. The molecule has 0 saturated carbocycles. The van der Waals surface area contributed by atoms with Crippen LogP contribution in [-0.4, -0.2) is 9.97 Å². The molecule has 1 aromatic heterocycles. The first-order chi connectivity index (χ1) is 9.01. The van der Waals surface area contributed by atoms with Crippen LogP contribution < -0.4 is 5.73 Å². The van der Waals surface area contributed by atoms with E-state index in [1.54, 1.807) is 0 Å². The molecule has 1 heterocycles. The Morgan fingerprint density at radius 3 is 2.32 bits per heavy atom. The summed E-state index contributed by atoms with van der Waals surface area (Å²) < 4.78 is 0. The Bertz CT molecular complexity index is 645. The van der Waals surface area contributed by atoms with Crippen molar-refractivity contribution >= 4 is 5.95 Å². The van der Waals surface area contributed by atoms with Gasteiger partial charge in [-0.2, -0.15) is 5.26 Å². The van der Waals surface area contributed by atoms with Crippen molar-refractivity contribution in [3.8, 4) is 6.07 Å². The standard InChI is InChI=1S/C15H16N4/c1-9-6-12(8-16)4-5-13(9)7-14-10(2)18-15(17)19-11(14)3/h4-6H,7H2,1-3H3,(H2,17,18,19). The summed E-state index contributed by atoms with van der Waals surface area (Å²) in [6, 6.07) is 7.88. The highest BCUT2D eigenvalue weighted by Crippen LogP contribution is 2.19. The average molecular weight is 252 g/mol. The van der Waals surface area contributed by atoms with Gasteiger partial charge in [-0.3, -0.25) is 0 Å². The van der Waals surface area contributed by atoms with Crippen molar-refractivity contribution in [2.75, 3.05) is 5.73 Å². The van der Waals surface area contributed by atoms with Gasteiger partial charge in [-0.15, -0.1) is 0 Å². The summed E-state index contributed by atoms with van der Waals surface area (Å²) in [5.74, 6) is 0.315. The molecule has 0 amide bonds. The van der Waals surface area contributed by atoms with E-state index in [1.165, 1.54) is 5.56 Å². The number of anilines is 1. The minimum absolute atomic E-state index is 0.315. The number of hydrogen-bond acceptors (Lipinski definition) is 4. The van der Waals surface area contributed by atoms with E-state index in [9.17, 15) is 0 Å². The maximum Gasteiger partial charge on any atom is 0.220 e. The molecule has 19 heavy (non-hydrogen) atoms. The quantitative estimate of drug-likeness (QED) is 0.890. The van der Waals surface area contributed by atoms with Crippen molar-refractivity contribution in [2.45, 2.75) is 27.2 Å². The molecule has 0 fully saturated rings. The fraction of sp³-hybridized carbons (Fsp3) is 0.267. The lowest BCUT2D eigenvalue weighted by Gasteiger charge is -2.11. The van der Waals surface area contributed by atoms with Crippen LogP contribution in [-0.2, 0) is 6.42 Å². The molecule has 0 unspecified atom stereocenters. The largest absolute Gasteiger partial charge is 0.368 e. The molecule has 0 spiro atoms. The third kappa shape index (κ3) is 2.71. The monoisotopic (exact) mass is 252 g/mol. The van der Waals surface area contributed by atoms with Crippen LogP contribution in [0.4, 0.5) is 5.95 Å². The fourth-order valence-corrected chi connectivity index (χ4v) is 2.18. The molecule has 96 valence electrons. The van der Waals surface area contributed by atoms with Crippen LogP contribution in [0.15, 0.2) is 18.2 Å². The molecule has 0 atom stereocenters. The molecule has 2 aromatic rings. The predicted molar refractivity (Wildman–Crippen MR) is 74.6 cm³/mol. The third-order valence-electron chi connectivity index (χ3n) is 3.28. The average Bonchev–Trinajstić information content (AvgIpc) is 2.35. The number of rotatable bonds is 2. The maximum atomic E-state index is 8.88. The SMILES string of the molecule is Cc1cc(C#N)ccc1Cc1c(C)nc(N)nc1C. The van der Waals surface area contributed by atoms with Gasteiger partial charge < -0.3 is 5.73 Å². The zero-order chi connectivity index (χ0) is 14.0. The summed E-state index contributed by atoms with van der Waals surface area (Å²) in [6.45, 7) is 5.90. The normalized spacial score (nSPS) is 10.2. The number of nitrogens with two attached hydrogens (primary N) is 1. The Labute approximate surface area is 112 Å². The van der Waals surface area contributed by atoms with Crippen LogP contribution in [0.3, 0.4) is 0 Å². The van der Waals surface area contributed by atoms with Crippen molar-refractivity contribution in [3.05, 3.63) is 51.8 Å². The molecular weight excluding hydrogens is 236 g/mol. The summed E-state index contributed by atoms with van der Waals surface area (Å²) in [5.41, 5.74) is 11.5. The number of hydrogen-bond donors (Lipinski definition) is 1. The van der Waals surface area contributed by atoms with Gasteiger partial charge in [0.25, 0.3) is 0 Å². The van der Waals surface area contributed by atoms with Gasteiger partial charge in [-0.25, -0.2) is 9.97 Å².